The number of carbonyl (C=O) groups excluding carboxylic acids is 1. The molecular weight excluding hydrogens is 319 g/mol. The summed E-state index contributed by atoms with van der Waals surface area (Å²) in [7, 11) is 0. The number of aliphatic hydroxyl groups excluding tert-OH is 1. The fraction of sp³-hybridized carbons (Fsp3) is 0.588. The van der Waals surface area contributed by atoms with Gasteiger partial charge < -0.3 is 15.3 Å². The summed E-state index contributed by atoms with van der Waals surface area (Å²) in [5.74, 6) is -0.254. The van der Waals surface area contributed by atoms with E-state index in [0.29, 0.717) is 23.7 Å². The van der Waals surface area contributed by atoms with E-state index in [0.717, 1.165) is 12.8 Å². The van der Waals surface area contributed by atoms with Gasteiger partial charge in [0.15, 0.2) is 0 Å². The topological polar surface area (TPSA) is 52.6 Å². The Balaban J connectivity index is 2.11. The zero-order valence-corrected chi connectivity index (χ0v) is 14.3. The number of nitrogens with zero attached hydrogens (tertiary/aromatic N) is 1. The minimum Gasteiger partial charge on any atom is -0.396 e. The Morgan fingerprint density at radius 3 is 2.87 bits per heavy atom. The fourth-order valence-corrected chi connectivity index (χ4v) is 3.14. The van der Waals surface area contributed by atoms with Crippen molar-refractivity contribution >= 4 is 17.6 Å². The predicted octanol–water partition coefficient (Wildman–Crippen LogP) is 3.59. The lowest BCUT2D eigenvalue weighted by Crippen LogP contribution is -2.48. The predicted molar refractivity (Wildman–Crippen MR) is 88.9 cm³/mol. The molecule has 0 bridgehead atoms. The molecule has 0 unspecified atom stereocenters. The maximum atomic E-state index is 14.2. The van der Waals surface area contributed by atoms with Gasteiger partial charge in [0.2, 0.25) is 0 Å². The molecule has 1 heterocycles. The smallest absolute Gasteiger partial charge is 0.317 e. The average molecular weight is 343 g/mol. The van der Waals surface area contributed by atoms with Gasteiger partial charge >= 0.3 is 6.03 Å². The number of carbonyl (C=O) groups is 1. The van der Waals surface area contributed by atoms with E-state index in [2.05, 4.69) is 5.32 Å². The van der Waals surface area contributed by atoms with Crippen molar-refractivity contribution in [1.82, 2.24) is 10.2 Å². The first-order valence-corrected chi connectivity index (χ1v) is 8.41. The third kappa shape index (κ3) is 4.58. The number of hydrogen-bond donors (Lipinski definition) is 2. The number of amides is 2. The molecular formula is C17H24ClFN2O2. The molecule has 0 spiro atoms. The van der Waals surface area contributed by atoms with Crippen molar-refractivity contribution in [3.8, 4) is 0 Å². The van der Waals surface area contributed by atoms with Crippen LogP contribution < -0.4 is 5.32 Å². The highest BCUT2D eigenvalue weighted by molar-refractivity contribution is 6.30. The van der Waals surface area contributed by atoms with E-state index in [1.165, 1.54) is 6.07 Å². The van der Waals surface area contributed by atoms with Gasteiger partial charge in [0.05, 0.1) is 6.04 Å². The second-order valence-electron chi connectivity index (χ2n) is 6.47. The molecule has 23 heavy (non-hydrogen) atoms. The van der Waals surface area contributed by atoms with Gasteiger partial charge in [-0.15, -0.1) is 0 Å². The van der Waals surface area contributed by atoms with Crippen LogP contribution in [-0.2, 0) is 0 Å². The molecule has 1 aromatic rings. The SMILES string of the molecule is CC(C)[C@@H](NC(=O)N1CCC[C@@H](CO)C1)c1ccc(Cl)cc1F. The Bertz CT molecular complexity index is 553. The highest BCUT2D eigenvalue weighted by Crippen LogP contribution is 2.27. The molecule has 4 nitrogen and oxygen atoms in total. The zero-order valence-electron chi connectivity index (χ0n) is 13.6. The zero-order chi connectivity index (χ0) is 17.0. The van der Waals surface area contributed by atoms with Crippen LogP contribution >= 0.6 is 11.6 Å². The Morgan fingerprint density at radius 2 is 2.26 bits per heavy atom. The summed E-state index contributed by atoms with van der Waals surface area (Å²) in [6, 6.07) is 3.88. The standard InChI is InChI=1S/C17H24ClFN2O2/c1-11(2)16(14-6-5-13(18)8-15(14)19)20-17(23)21-7-3-4-12(9-21)10-22/h5-6,8,11-12,16,22H,3-4,7,9-10H2,1-2H3,(H,20,23)/t12-,16-/m1/s1. The number of hydrogen-bond acceptors (Lipinski definition) is 2. The lowest BCUT2D eigenvalue weighted by molar-refractivity contribution is 0.126. The number of likely N-dealkylation sites (tertiary alicyclic amines) is 1. The molecule has 2 N–H and O–H groups in total. The van der Waals surface area contributed by atoms with Gasteiger partial charge in [-0.05, 0) is 36.8 Å². The molecule has 1 aromatic carbocycles. The molecule has 1 aliphatic heterocycles. The van der Waals surface area contributed by atoms with Crippen molar-refractivity contribution in [1.29, 1.82) is 0 Å². The Hall–Kier alpha value is -1.33. The van der Waals surface area contributed by atoms with Gasteiger partial charge in [0.1, 0.15) is 5.82 Å². The second-order valence-corrected chi connectivity index (χ2v) is 6.91. The van der Waals surface area contributed by atoms with Gasteiger partial charge in [-0.1, -0.05) is 31.5 Å². The maximum Gasteiger partial charge on any atom is 0.317 e. The quantitative estimate of drug-likeness (QED) is 0.878. The second kappa shape index (κ2) is 7.97. The van der Waals surface area contributed by atoms with E-state index in [9.17, 15) is 14.3 Å². The Labute approximate surface area is 141 Å². The van der Waals surface area contributed by atoms with E-state index in [-0.39, 0.29) is 24.5 Å². The molecule has 0 aliphatic carbocycles. The van der Waals surface area contributed by atoms with Crippen molar-refractivity contribution in [2.75, 3.05) is 19.7 Å². The van der Waals surface area contributed by atoms with Crippen molar-refractivity contribution in [2.24, 2.45) is 11.8 Å². The van der Waals surface area contributed by atoms with E-state index >= 15 is 0 Å². The molecule has 2 atom stereocenters. The van der Waals surface area contributed by atoms with Crippen LogP contribution in [0.4, 0.5) is 9.18 Å². The van der Waals surface area contributed by atoms with Gasteiger partial charge in [0.25, 0.3) is 0 Å². The lowest BCUT2D eigenvalue weighted by Gasteiger charge is -2.34. The number of piperidine rings is 1. The van der Waals surface area contributed by atoms with Crippen LogP contribution in [0.2, 0.25) is 5.02 Å². The average Bonchev–Trinajstić information content (AvgIpc) is 2.53. The first-order valence-electron chi connectivity index (χ1n) is 8.03. The highest BCUT2D eigenvalue weighted by atomic mass is 35.5. The molecule has 0 aromatic heterocycles. The molecule has 1 aliphatic rings. The fourth-order valence-electron chi connectivity index (χ4n) is 2.98. The summed E-state index contributed by atoms with van der Waals surface area (Å²) >= 11 is 5.80. The van der Waals surface area contributed by atoms with Crippen LogP contribution in [0.1, 0.15) is 38.3 Å². The monoisotopic (exact) mass is 342 g/mol. The number of urea groups is 1. The summed E-state index contributed by atoms with van der Waals surface area (Å²) in [6.07, 6.45) is 1.81. The Morgan fingerprint density at radius 1 is 1.52 bits per heavy atom. The van der Waals surface area contributed by atoms with Crippen LogP contribution in [-0.4, -0.2) is 35.7 Å². The molecule has 0 radical (unpaired) electrons. The van der Waals surface area contributed by atoms with Crippen molar-refractivity contribution in [2.45, 2.75) is 32.7 Å². The van der Waals surface area contributed by atoms with E-state index in [1.54, 1.807) is 17.0 Å². The summed E-state index contributed by atoms with van der Waals surface area (Å²) < 4.78 is 14.2. The number of nitrogens with one attached hydrogen (secondary N) is 1. The highest BCUT2D eigenvalue weighted by Gasteiger charge is 2.27. The van der Waals surface area contributed by atoms with Gasteiger partial charge in [-0.2, -0.15) is 0 Å². The third-order valence-electron chi connectivity index (χ3n) is 4.31. The van der Waals surface area contributed by atoms with E-state index < -0.39 is 11.9 Å². The van der Waals surface area contributed by atoms with E-state index in [4.69, 9.17) is 11.6 Å². The van der Waals surface area contributed by atoms with Crippen LogP contribution in [0.15, 0.2) is 18.2 Å². The summed E-state index contributed by atoms with van der Waals surface area (Å²) in [6.45, 7) is 5.16. The minimum absolute atomic E-state index is 0.0352. The van der Waals surface area contributed by atoms with Crippen LogP contribution in [0.5, 0.6) is 0 Å². The number of halogens is 2. The van der Waals surface area contributed by atoms with Crippen LogP contribution in [0.3, 0.4) is 0 Å². The van der Waals surface area contributed by atoms with Crippen molar-refractivity contribution < 1.29 is 14.3 Å². The van der Waals surface area contributed by atoms with Crippen LogP contribution in [0, 0.1) is 17.7 Å². The summed E-state index contributed by atoms with van der Waals surface area (Å²) in [5, 5.41) is 12.5. The third-order valence-corrected chi connectivity index (χ3v) is 4.54. The first kappa shape index (κ1) is 18.0. The normalized spacial score (nSPS) is 19.7. The summed E-state index contributed by atoms with van der Waals surface area (Å²) in [5.41, 5.74) is 0.438. The van der Waals surface area contributed by atoms with Gasteiger partial charge in [0, 0.05) is 30.3 Å². The molecule has 128 valence electrons. The lowest BCUT2D eigenvalue weighted by atomic mass is 9.95. The molecule has 6 heteroatoms. The minimum atomic E-state index is -0.422. The van der Waals surface area contributed by atoms with Crippen molar-refractivity contribution in [3.63, 3.8) is 0 Å². The van der Waals surface area contributed by atoms with E-state index in [1.807, 2.05) is 13.8 Å². The summed E-state index contributed by atoms with van der Waals surface area (Å²) in [4.78, 5) is 14.2. The molecule has 1 fully saturated rings. The molecule has 2 amide bonds. The molecule has 0 saturated carbocycles. The number of rotatable bonds is 4. The molecule has 1 saturated heterocycles. The number of benzene rings is 1. The first-order chi connectivity index (χ1) is 10.9. The van der Waals surface area contributed by atoms with Gasteiger partial charge in [-0.25, -0.2) is 9.18 Å². The van der Waals surface area contributed by atoms with Gasteiger partial charge in [-0.3, -0.25) is 0 Å². The largest absolute Gasteiger partial charge is 0.396 e. The van der Waals surface area contributed by atoms with Crippen LogP contribution in [0.25, 0.3) is 0 Å². The number of aliphatic hydroxyl groups is 1. The maximum absolute atomic E-state index is 14.2. The van der Waals surface area contributed by atoms with Crippen molar-refractivity contribution in [3.05, 3.63) is 34.6 Å². The molecule has 2 rings (SSSR count). The Kier molecular flexibility index (Phi) is 6.25.